The number of benzene rings is 1. The van der Waals surface area contributed by atoms with Crippen molar-refractivity contribution in [3.8, 4) is 0 Å². The SMILES string of the molecule is Cc1ccc2c(Nc3ccc(F)c(Cl)c3)c(C(=O)N3CCCC[C@H]3C)cnc2n1. The second-order valence-corrected chi connectivity index (χ2v) is 7.88. The van der Waals surface area contributed by atoms with Crippen LogP contribution in [-0.2, 0) is 0 Å². The second-order valence-electron chi connectivity index (χ2n) is 7.47. The molecule has 4 rings (SSSR count). The van der Waals surface area contributed by atoms with Crippen molar-refractivity contribution >= 4 is 39.9 Å². The molecule has 1 aromatic carbocycles. The molecule has 2 aromatic heterocycles. The molecule has 0 radical (unpaired) electrons. The van der Waals surface area contributed by atoms with Crippen LogP contribution in [0.5, 0.6) is 0 Å². The van der Waals surface area contributed by atoms with Crippen molar-refractivity contribution in [2.75, 3.05) is 11.9 Å². The quantitative estimate of drug-likeness (QED) is 0.618. The number of rotatable bonds is 3. The zero-order chi connectivity index (χ0) is 20.5. The summed E-state index contributed by atoms with van der Waals surface area (Å²) < 4.78 is 13.6. The fourth-order valence-electron chi connectivity index (χ4n) is 3.74. The van der Waals surface area contributed by atoms with Gasteiger partial charge in [0.1, 0.15) is 5.82 Å². The minimum absolute atomic E-state index is 0.0138. The van der Waals surface area contributed by atoms with Crippen LogP contribution >= 0.6 is 11.6 Å². The average Bonchev–Trinajstić information content (AvgIpc) is 2.70. The van der Waals surface area contributed by atoms with E-state index in [9.17, 15) is 9.18 Å². The molecule has 1 N–H and O–H groups in total. The molecule has 0 spiro atoms. The molecule has 1 amide bonds. The Hall–Kier alpha value is -2.73. The summed E-state index contributed by atoms with van der Waals surface area (Å²) in [6, 6.07) is 8.34. The Morgan fingerprint density at radius 1 is 1.28 bits per heavy atom. The maximum atomic E-state index is 13.6. The van der Waals surface area contributed by atoms with Crippen LogP contribution in [0.3, 0.4) is 0 Å². The molecule has 1 aliphatic rings. The molecule has 0 unspecified atom stereocenters. The van der Waals surface area contributed by atoms with Crippen molar-refractivity contribution in [1.29, 1.82) is 0 Å². The molecule has 29 heavy (non-hydrogen) atoms. The van der Waals surface area contributed by atoms with E-state index in [1.54, 1.807) is 12.3 Å². The monoisotopic (exact) mass is 412 g/mol. The Kier molecular flexibility index (Phi) is 5.37. The molecule has 0 bridgehead atoms. The fourth-order valence-corrected chi connectivity index (χ4v) is 3.92. The van der Waals surface area contributed by atoms with Gasteiger partial charge in [0.2, 0.25) is 0 Å². The van der Waals surface area contributed by atoms with Crippen LogP contribution in [0.2, 0.25) is 5.02 Å². The minimum Gasteiger partial charge on any atom is -0.354 e. The number of anilines is 2. The first kappa shape index (κ1) is 19.6. The number of nitrogens with zero attached hydrogens (tertiary/aromatic N) is 3. The van der Waals surface area contributed by atoms with Crippen LogP contribution in [-0.4, -0.2) is 33.4 Å². The number of aromatic nitrogens is 2. The van der Waals surface area contributed by atoms with Crippen molar-refractivity contribution in [2.45, 2.75) is 39.2 Å². The summed E-state index contributed by atoms with van der Waals surface area (Å²) in [6.07, 6.45) is 4.69. The van der Waals surface area contributed by atoms with Gasteiger partial charge >= 0.3 is 0 Å². The Morgan fingerprint density at radius 2 is 2.10 bits per heavy atom. The van der Waals surface area contributed by atoms with E-state index in [4.69, 9.17) is 11.6 Å². The zero-order valence-electron chi connectivity index (χ0n) is 16.4. The number of fused-ring (bicyclic) bond motifs is 1. The highest BCUT2D eigenvalue weighted by Crippen LogP contribution is 2.32. The Morgan fingerprint density at radius 3 is 2.86 bits per heavy atom. The maximum Gasteiger partial charge on any atom is 0.257 e. The van der Waals surface area contributed by atoms with Gasteiger partial charge in [-0.05, 0) is 63.4 Å². The van der Waals surface area contributed by atoms with Gasteiger partial charge in [0.05, 0.1) is 16.3 Å². The number of carbonyl (C=O) groups excluding carboxylic acids is 1. The van der Waals surface area contributed by atoms with Gasteiger partial charge in [-0.25, -0.2) is 14.4 Å². The van der Waals surface area contributed by atoms with Crippen LogP contribution < -0.4 is 5.32 Å². The van der Waals surface area contributed by atoms with Crippen molar-refractivity contribution in [2.24, 2.45) is 0 Å². The molecule has 3 aromatic rings. The molecule has 1 atom stereocenters. The number of halogens is 2. The molecule has 1 saturated heterocycles. The third-order valence-electron chi connectivity index (χ3n) is 5.35. The van der Waals surface area contributed by atoms with Gasteiger partial charge < -0.3 is 10.2 Å². The highest BCUT2D eigenvalue weighted by Gasteiger charge is 2.27. The molecular weight excluding hydrogens is 391 g/mol. The Labute approximate surface area is 173 Å². The lowest BCUT2D eigenvalue weighted by Crippen LogP contribution is -2.42. The van der Waals surface area contributed by atoms with Gasteiger partial charge in [0.15, 0.2) is 5.65 Å². The number of nitrogens with one attached hydrogen (secondary N) is 1. The fraction of sp³-hybridized carbons (Fsp3) is 0.318. The summed E-state index contributed by atoms with van der Waals surface area (Å²) in [6.45, 7) is 4.69. The first-order valence-corrected chi connectivity index (χ1v) is 10.1. The van der Waals surface area contributed by atoms with E-state index in [1.807, 2.05) is 24.0 Å². The molecule has 0 saturated carbocycles. The van der Waals surface area contributed by atoms with E-state index in [-0.39, 0.29) is 17.0 Å². The molecule has 1 fully saturated rings. The third-order valence-corrected chi connectivity index (χ3v) is 5.64. The lowest BCUT2D eigenvalue weighted by molar-refractivity contribution is 0.0636. The first-order chi connectivity index (χ1) is 13.9. The Balaban J connectivity index is 1.82. The average molecular weight is 413 g/mol. The number of piperidine rings is 1. The standard InChI is InChI=1S/C22H22ClFN4O/c1-13-6-8-16-20(27-15-7-9-19(24)18(23)11-15)17(12-25-21(16)26-13)22(29)28-10-4-3-5-14(28)2/h6-9,11-12,14H,3-5,10H2,1-2H3,(H,25,26,27)/t14-/m1/s1. The highest BCUT2D eigenvalue weighted by molar-refractivity contribution is 6.31. The van der Waals surface area contributed by atoms with Crippen LogP contribution in [0.25, 0.3) is 11.0 Å². The van der Waals surface area contributed by atoms with Crippen molar-refractivity contribution in [1.82, 2.24) is 14.9 Å². The zero-order valence-corrected chi connectivity index (χ0v) is 17.1. The van der Waals surface area contributed by atoms with E-state index in [2.05, 4.69) is 22.2 Å². The lowest BCUT2D eigenvalue weighted by atomic mass is 10.0. The summed E-state index contributed by atoms with van der Waals surface area (Å²) in [4.78, 5) is 24.2. The number of likely N-dealkylation sites (tertiary alicyclic amines) is 1. The number of amides is 1. The van der Waals surface area contributed by atoms with E-state index < -0.39 is 5.82 Å². The largest absolute Gasteiger partial charge is 0.354 e. The Bertz CT molecular complexity index is 1090. The van der Waals surface area contributed by atoms with Gasteiger partial charge in [0.25, 0.3) is 5.91 Å². The van der Waals surface area contributed by atoms with Gasteiger partial charge in [-0.15, -0.1) is 0 Å². The van der Waals surface area contributed by atoms with Gasteiger partial charge in [-0.1, -0.05) is 11.6 Å². The third kappa shape index (κ3) is 3.90. The summed E-state index contributed by atoms with van der Waals surface area (Å²) in [5, 5.41) is 4.00. The number of hydrogen-bond donors (Lipinski definition) is 1. The van der Waals surface area contributed by atoms with E-state index in [1.165, 1.54) is 12.1 Å². The molecule has 7 heteroatoms. The topological polar surface area (TPSA) is 58.1 Å². The first-order valence-electron chi connectivity index (χ1n) is 9.73. The summed E-state index contributed by atoms with van der Waals surface area (Å²) in [5.41, 5.74) is 3.05. The second kappa shape index (κ2) is 7.95. The van der Waals surface area contributed by atoms with Crippen LogP contribution in [0.1, 0.15) is 42.2 Å². The predicted octanol–water partition coefficient (Wildman–Crippen LogP) is 5.49. The highest BCUT2D eigenvalue weighted by atomic mass is 35.5. The van der Waals surface area contributed by atoms with E-state index in [0.717, 1.165) is 36.9 Å². The van der Waals surface area contributed by atoms with Crippen LogP contribution in [0.15, 0.2) is 36.5 Å². The van der Waals surface area contributed by atoms with E-state index in [0.29, 0.717) is 22.6 Å². The van der Waals surface area contributed by atoms with Crippen molar-refractivity contribution in [3.63, 3.8) is 0 Å². The smallest absolute Gasteiger partial charge is 0.257 e. The molecule has 150 valence electrons. The van der Waals surface area contributed by atoms with Gasteiger partial charge in [-0.3, -0.25) is 4.79 Å². The van der Waals surface area contributed by atoms with Crippen LogP contribution in [0, 0.1) is 12.7 Å². The molecule has 0 aliphatic carbocycles. The maximum absolute atomic E-state index is 13.6. The summed E-state index contributed by atoms with van der Waals surface area (Å²) in [7, 11) is 0. The molecular formula is C22H22ClFN4O. The number of aryl methyl sites for hydroxylation is 1. The van der Waals surface area contributed by atoms with Crippen LogP contribution in [0.4, 0.5) is 15.8 Å². The van der Waals surface area contributed by atoms with Crippen molar-refractivity contribution < 1.29 is 9.18 Å². The number of carbonyl (C=O) groups is 1. The van der Waals surface area contributed by atoms with Crippen molar-refractivity contribution in [3.05, 3.63) is 58.6 Å². The predicted molar refractivity (Wildman–Crippen MR) is 113 cm³/mol. The lowest BCUT2D eigenvalue weighted by Gasteiger charge is -2.34. The normalized spacial score (nSPS) is 16.8. The number of hydrogen-bond acceptors (Lipinski definition) is 4. The van der Waals surface area contributed by atoms with E-state index >= 15 is 0 Å². The van der Waals surface area contributed by atoms with Gasteiger partial charge in [-0.2, -0.15) is 0 Å². The minimum atomic E-state index is -0.493. The molecule has 5 nitrogen and oxygen atoms in total. The summed E-state index contributed by atoms with van der Waals surface area (Å²) >= 11 is 5.95. The molecule has 3 heterocycles. The number of pyridine rings is 2. The molecule has 1 aliphatic heterocycles. The van der Waals surface area contributed by atoms with Gasteiger partial charge in [0, 0.05) is 35.6 Å². The summed E-state index contributed by atoms with van der Waals surface area (Å²) in [5.74, 6) is -0.560.